The zero-order valence-corrected chi connectivity index (χ0v) is 12.5. The molecule has 1 saturated heterocycles. The van der Waals surface area contributed by atoms with Gasteiger partial charge in [-0.3, -0.25) is 0 Å². The van der Waals surface area contributed by atoms with Crippen molar-refractivity contribution < 1.29 is 35.0 Å². The molecular formula is C14H28O7. The number of hydrogen-bond acceptors (Lipinski definition) is 7. The molecule has 1 heterocycles. The Labute approximate surface area is 125 Å². The number of aliphatic hydroxyl groups excluding tert-OH is 5. The van der Waals surface area contributed by atoms with Crippen molar-refractivity contribution in [3.8, 4) is 0 Å². The molecule has 0 aromatic heterocycles. The molecule has 6 atom stereocenters. The van der Waals surface area contributed by atoms with Gasteiger partial charge in [-0.05, 0) is 6.42 Å². The molecule has 7 nitrogen and oxygen atoms in total. The maximum atomic E-state index is 9.76. The lowest BCUT2D eigenvalue weighted by molar-refractivity contribution is -0.272. The molecule has 0 amide bonds. The van der Waals surface area contributed by atoms with Crippen LogP contribution < -0.4 is 0 Å². The fraction of sp³-hybridized carbons (Fsp3) is 1.00. The van der Waals surface area contributed by atoms with E-state index < -0.39 is 37.3 Å². The molecule has 1 fully saturated rings. The molecule has 7 heteroatoms. The Bertz CT molecular complexity index is 274. The highest BCUT2D eigenvalue weighted by molar-refractivity contribution is 4.83. The van der Waals surface area contributed by atoms with Gasteiger partial charge in [0.1, 0.15) is 12.2 Å². The molecule has 5 N–H and O–H groups in total. The van der Waals surface area contributed by atoms with Gasteiger partial charge < -0.3 is 35.0 Å². The van der Waals surface area contributed by atoms with Crippen LogP contribution in [-0.4, -0.2) is 75.6 Å². The van der Waals surface area contributed by atoms with Crippen molar-refractivity contribution in [3.63, 3.8) is 0 Å². The normalized spacial score (nSPS) is 32.9. The standard InChI is InChI=1S/C14H28O7/c1-2-3-4-10(5-9(17)7-15)20-13-6-11(18)14(19)12(8-16)21-13/h9-19H,2-8H2,1H3. The number of aliphatic hydroxyl groups is 5. The summed E-state index contributed by atoms with van der Waals surface area (Å²) in [6.45, 7) is 1.30. The molecule has 0 aliphatic carbocycles. The smallest absolute Gasteiger partial charge is 0.161 e. The number of rotatable bonds is 9. The van der Waals surface area contributed by atoms with Crippen LogP contribution >= 0.6 is 0 Å². The van der Waals surface area contributed by atoms with Crippen molar-refractivity contribution in [1.82, 2.24) is 0 Å². The largest absolute Gasteiger partial charge is 0.394 e. The Morgan fingerprint density at radius 2 is 2.00 bits per heavy atom. The van der Waals surface area contributed by atoms with Crippen LogP contribution in [0.2, 0.25) is 0 Å². The van der Waals surface area contributed by atoms with Gasteiger partial charge in [0.25, 0.3) is 0 Å². The van der Waals surface area contributed by atoms with Crippen LogP contribution in [0.15, 0.2) is 0 Å². The van der Waals surface area contributed by atoms with E-state index >= 15 is 0 Å². The first-order valence-corrected chi connectivity index (χ1v) is 7.58. The van der Waals surface area contributed by atoms with E-state index in [0.29, 0.717) is 6.42 Å². The van der Waals surface area contributed by atoms with Gasteiger partial charge in [-0.15, -0.1) is 0 Å². The van der Waals surface area contributed by atoms with Gasteiger partial charge in [-0.25, -0.2) is 0 Å². The van der Waals surface area contributed by atoms with Crippen LogP contribution in [0.1, 0.15) is 39.0 Å². The Balaban J connectivity index is 2.55. The summed E-state index contributed by atoms with van der Waals surface area (Å²) in [4.78, 5) is 0. The second-order valence-corrected chi connectivity index (χ2v) is 5.55. The fourth-order valence-corrected chi connectivity index (χ4v) is 2.42. The molecule has 21 heavy (non-hydrogen) atoms. The summed E-state index contributed by atoms with van der Waals surface area (Å²) in [5, 5.41) is 47.0. The quantitative estimate of drug-likeness (QED) is 0.376. The highest BCUT2D eigenvalue weighted by Gasteiger charge is 2.37. The maximum Gasteiger partial charge on any atom is 0.161 e. The summed E-state index contributed by atoms with van der Waals surface area (Å²) in [7, 11) is 0. The van der Waals surface area contributed by atoms with Crippen LogP contribution in [0.4, 0.5) is 0 Å². The molecule has 0 aromatic rings. The Morgan fingerprint density at radius 3 is 2.57 bits per heavy atom. The van der Waals surface area contributed by atoms with E-state index in [4.69, 9.17) is 19.7 Å². The van der Waals surface area contributed by atoms with E-state index in [1.165, 1.54) is 0 Å². The topological polar surface area (TPSA) is 120 Å². The molecule has 6 unspecified atom stereocenters. The highest BCUT2D eigenvalue weighted by Crippen LogP contribution is 2.24. The summed E-state index contributed by atoms with van der Waals surface area (Å²) in [6.07, 6.45) is -1.97. The van der Waals surface area contributed by atoms with Crippen LogP contribution in [0, 0.1) is 0 Å². The predicted octanol–water partition coefficient (Wildman–Crippen LogP) is -0.866. The first kappa shape index (κ1) is 18.8. The van der Waals surface area contributed by atoms with Gasteiger partial charge >= 0.3 is 0 Å². The lowest BCUT2D eigenvalue weighted by atomic mass is 10.0. The van der Waals surface area contributed by atoms with Crippen molar-refractivity contribution in [3.05, 3.63) is 0 Å². The van der Waals surface area contributed by atoms with Gasteiger partial charge in [0.2, 0.25) is 0 Å². The summed E-state index contributed by atoms with van der Waals surface area (Å²) < 4.78 is 11.2. The summed E-state index contributed by atoms with van der Waals surface area (Å²) in [5.41, 5.74) is 0. The lowest BCUT2D eigenvalue weighted by Gasteiger charge is -2.37. The SMILES string of the molecule is CCCCC(CC(O)CO)OC1CC(O)C(O)C(CO)O1. The minimum Gasteiger partial charge on any atom is -0.394 e. The van der Waals surface area contributed by atoms with E-state index in [2.05, 4.69) is 0 Å². The molecule has 0 aromatic carbocycles. The van der Waals surface area contributed by atoms with E-state index in [-0.39, 0.29) is 25.6 Å². The third kappa shape index (κ3) is 6.15. The minimum absolute atomic E-state index is 0.107. The van der Waals surface area contributed by atoms with Crippen molar-refractivity contribution in [2.45, 2.75) is 75.8 Å². The minimum atomic E-state index is -1.13. The Morgan fingerprint density at radius 1 is 1.29 bits per heavy atom. The van der Waals surface area contributed by atoms with Gasteiger partial charge in [0.05, 0.1) is 31.5 Å². The zero-order chi connectivity index (χ0) is 15.8. The van der Waals surface area contributed by atoms with Gasteiger partial charge in [-0.2, -0.15) is 0 Å². The first-order valence-electron chi connectivity index (χ1n) is 7.58. The lowest BCUT2D eigenvalue weighted by Crippen LogP contribution is -2.51. The van der Waals surface area contributed by atoms with E-state index in [9.17, 15) is 15.3 Å². The summed E-state index contributed by atoms with van der Waals surface area (Å²) in [5.74, 6) is 0. The average molecular weight is 308 g/mol. The Hall–Kier alpha value is -0.280. The molecule has 1 aliphatic heterocycles. The second kappa shape index (κ2) is 9.68. The van der Waals surface area contributed by atoms with Crippen molar-refractivity contribution in [1.29, 1.82) is 0 Å². The third-order valence-corrected chi connectivity index (χ3v) is 3.69. The molecule has 0 saturated carbocycles. The molecule has 0 bridgehead atoms. The number of unbranched alkanes of at least 4 members (excludes halogenated alkanes) is 1. The summed E-state index contributed by atoms with van der Waals surface area (Å²) in [6, 6.07) is 0. The number of ether oxygens (including phenoxy) is 2. The fourth-order valence-electron chi connectivity index (χ4n) is 2.42. The first-order chi connectivity index (χ1) is 10.0. The van der Waals surface area contributed by atoms with Gasteiger partial charge in [-0.1, -0.05) is 19.8 Å². The molecule has 0 spiro atoms. The van der Waals surface area contributed by atoms with E-state index in [1.54, 1.807) is 0 Å². The predicted molar refractivity (Wildman–Crippen MR) is 74.5 cm³/mol. The molecule has 1 aliphatic rings. The molecule has 126 valence electrons. The summed E-state index contributed by atoms with van der Waals surface area (Å²) >= 11 is 0. The van der Waals surface area contributed by atoms with Crippen molar-refractivity contribution in [2.75, 3.05) is 13.2 Å². The molecule has 0 radical (unpaired) electrons. The van der Waals surface area contributed by atoms with Crippen LogP contribution in [0.5, 0.6) is 0 Å². The number of hydrogen-bond donors (Lipinski definition) is 5. The Kier molecular flexibility index (Phi) is 8.65. The maximum absolute atomic E-state index is 9.76. The van der Waals surface area contributed by atoms with Crippen LogP contribution in [0.3, 0.4) is 0 Å². The molecule has 1 rings (SSSR count). The van der Waals surface area contributed by atoms with Crippen LogP contribution in [0.25, 0.3) is 0 Å². The van der Waals surface area contributed by atoms with Crippen molar-refractivity contribution in [2.24, 2.45) is 0 Å². The van der Waals surface area contributed by atoms with Crippen LogP contribution in [-0.2, 0) is 9.47 Å². The third-order valence-electron chi connectivity index (χ3n) is 3.69. The van der Waals surface area contributed by atoms with E-state index in [1.807, 2.05) is 6.92 Å². The van der Waals surface area contributed by atoms with Crippen molar-refractivity contribution >= 4 is 0 Å². The highest BCUT2D eigenvalue weighted by atomic mass is 16.7. The monoisotopic (exact) mass is 308 g/mol. The van der Waals surface area contributed by atoms with Gasteiger partial charge in [0, 0.05) is 12.8 Å². The average Bonchev–Trinajstić information content (AvgIpc) is 2.47. The zero-order valence-electron chi connectivity index (χ0n) is 12.5. The molecular weight excluding hydrogens is 280 g/mol. The van der Waals surface area contributed by atoms with Gasteiger partial charge in [0.15, 0.2) is 6.29 Å². The second-order valence-electron chi connectivity index (χ2n) is 5.55. The van der Waals surface area contributed by atoms with E-state index in [0.717, 1.165) is 12.8 Å².